The van der Waals surface area contributed by atoms with Gasteiger partial charge in [-0.05, 0) is 50.6 Å². The number of halogens is 4. The predicted octanol–water partition coefficient (Wildman–Crippen LogP) is 4.50. The molecule has 32 heavy (non-hydrogen) atoms. The van der Waals surface area contributed by atoms with Crippen LogP contribution in [0, 0.1) is 0 Å². The van der Waals surface area contributed by atoms with Crippen molar-refractivity contribution in [1.29, 1.82) is 0 Å². The van der Waals surface area contributed by atoms with E-state index >= 15 is 0 Å². The minimum absolute atomic E-state index is 0.0481. The molecule has 0 unspecified atom stereocenters. The third-order valence-corrected chi connectivity index (χ3v) is 5.74. The van der Waals surface area contributed by atoms with E-state index < -0.39 is 17.8 Å². The predicted molar refractivity (Wildman–Crippen MR) is 117 cm³/mol. The first kappa shape index (κ1) is 24.0. The van der Waals surface area contributed by atoms with E-state index in [-0.39, 0.29) is 16.7 Å². The Balaban J connectivity index is 1.62. The van der Waals surface area contributed by atoms with E-state index in [1.54, 1.807) is 31.2 Å². The Hall–Kier alpha value is -2.65. The van der Waals surface area contributed by atoms with Crippen molar-refractivity contribution in [2.24, 2.45) is 0 Å². The molecule has 172 valence electrons. The van der Waals surface area contributed by atoms with Crippen LogP contribution in [0.25, 0.3) is 0 Å². The first-order valence-electron chi connectivity index (χ1n) is 10.2. The van der Waals surface area contributed by atoms with Crippen LogP contribution in [0.4, 0.5) is 24.7 Å². The summed E-state index contributed by atoms with van der Waals surface area (Å²) < 4.78 is 38.6. The number of ketones is 1. The minimum Gasteiger partial charge on any atom is -0.354 e. The lowest BCUT2D eigenvalue weighted by Crippen LogP contribution is -2.44. The Morgan fingerprint density at radius 2 is 1.81 bits per heavy atom. The smallest absolute Gasteiger partial charge is 0.354 e. The number of carbonyl (C=O) groups excluding carboxylic acids is 2. The molecule has 1 atom stereocenters. The number of amides is 1. The van der Waals surface area contributed by atoms with Crippen molar-refractivity contribution in [3.63, 3.8) is 0 Å². The molecule has 1 N–H and O–H groups in total. The number of pyridine rings is 1. The first-order chi connectivity index (χ1) is 15.1. The molecule has 0 saturated carbocycles. The maximum Gasteiger partial charge on any atom is 0.417 e. The second-order valence-electron chi connectivity index (χ2n) is 7.70. The van der Waals surface area contributed by atoms with E-state index in [0.29, 0.717) is 49.7 Å². The number of anilines is 2. The van der Waals surface area contributed by atoms with Gasteiger partial charge in [-0.1, -0.05) is 11.6 Å². The average molecular weight is 469 g/mol. The second kappa shape index (κ2) is 9.87. The molecule has 1 aromatic heterocycles. The molecule has 2 heterocycles. The molecule has 0 bridgehead atoms. The summed E-state index contributed by atoms with van der Waals surface area (Å²) in [4.78, 5) is 31.9. The highest BCUT2D eigenvalue weighted by Crippen LogP contribution is 2.33. The lowest BCUT2D eigenvalue weighted by atomic mass is 10.1. The van der Waals surface area contributed by atoms with E-state index in [2.05, 4.69) is 10.3 Å². The number of nitrogens with zero attached hydrogens (tertiary/aromatic N) is 3. The highest BCUT2D eigenvalue weighted by molar-refractivity contribution is 6.33. The first-order valence-corrected chi connectivity index (χ1v) is 10.6. The summed E-state index contributed by atoms with van der Waals surface area (Å²) in [5.41, 5.74) is 0.285. The van der Waals surface area contributed by atoms with Gasteiger partial charge in [-0.15, -0.1) is 0 Å². The van der Waals surface area contributed by atoms with Crippen molar-refractivity contribution < 1.29 is 22.8 Å². The number of nitrogens with one attached hydrogen (secondary N) is 1. The number of aromatic nitrogens is 1. The van der Waals surface area contributed by atoms with Gasteiger partial charge in [0.1, 0.15) is 5.82 Å². The standard InChI is InChI=1S/C22H24ClF3N4O2/c1-14(21(32)28-18-6-4-16(5-7-18)15(2)31)29-8-3-9-30(11-10-29)20-19(23)12-17(13-27-20)22(24,25)26/h4-7,12-14H,3,8-11H2,1-2H3,(H,28,32)/t14-/m1/s1. The summed E-state index contributed by atoms with van der Waals surface area (Å²) in [6, 6.07) is 7.16. The van der Waals surface area contributed by atoms with Crippen molar-refractivity contribution in [3.8, 4) is 0 Å². The van der Waals surface area contributed by atoms with Crippen LogP contribution in [-0.2, 0) is 11.0 Å². The van der Waals surface area contributed by atoms with Crippen LogP contribution in [0.2, 0.25) is 5.02 Å². The zero-order valence-corrected chi connectivity index (χ0v) is 18.5. The molecule has 6 nitrogen and oxygen atoms in total. The molecular formula is C22H24ClF3N4O2. The van der Waals surface area contributed by atoms with E-state index in [0.717, 1.165) is 12.3 Å². The van der Waals surface area contributed by atoms with Gasteiger partial charge >= 0.3 is 6.18 Å². The maximum absolute atomic E-state index is 12.9. The Bertz CT molecular complexity index is 982. The van der Waals surface area contributed by atoms with Gasteiger partial charge in [-0.2, -0.15) is 13.2 Å². The molecule has 0 spiro atoms. The van der Waals surface area contributed by atoms with E-state index in [1.807, 2.05) is 9.80 Å². The van der Waals surface area contributed by atoms with Crippen molar-refractivity contribution in [1.82, 2.24) is 9.88 Å². The summed E-state index contributed by atoms with van der Waals surface area (Å²) >= 11 is 6.09. The van der Waals surface area contributed by atoms with Crippen molar-refractivity contribution in [2.75, 3.05) is 36.4 Å². The molecule has 3 rings (SSSR count). The third kappa shape index (κ3) is 5.77. The molecule has 1 saturated heterocycles. The lowest BCUT2D eigenvalue weighted by Gasteiger charge is -2.27. The van der Waals surface area contributed by atoms with Crippen LogP contribution >= 0.6 is 11.6 Å². The number of hydrogen-bond acceptors (Lipinski definition) is 5. The van der Waals surface area contributed by atoms with Gasteiger partial charge in [0.2, 0.25) is 5.91 Å². The van der Waals surface area contributed by atoms with Crippen molar-refractivity contribution in [3.05, 3.63) is 52.7 Å². The molecule has 1 aliphatic heterocycles. The number of rotatable bonds is 5. The molecule has 1 aromatic carbocycles. The number of benzene rings is 1. The van der Waals surface area contributed by atoms with E-state index in [1.165, 1.54) is 6.92 Å². The fourth-order valence-electron chi connectivity index (χ4n) is 3.56. The van der Waals surface area contributed by atoms with E-state index in [9.17, 15) is 22.8 Å². The van der Waals surface area contributed by atoms with Gasteiger partial charge in [-0.3, -0.25) is 14.5 Å². The van der Waals surface area contributed by atoms with Crippen LogP contribution in [0.15, 0.2) is 36.5 Å². The van der Waals surface area contributed by atoms with Gasteiger partial charge in [0.05, 0.1) is 16.6 Å². The second-order valence-corrected chi connectivity index (χ2v) is 8.11. The minimum atomic E-state index is -4.50. The fourth-order valence-corrected chi connectivity index (χ4v) is 3.84. The van der Waals surface area contributed by atoms with Gasteiger partial charge in [-0.25, -0.2) is 4.98 Å². The molecule has 0 aliphatic carbocycles. The normalized spacial score (nSPS) is 16.4. The summed E-state index contributed by atoms with van der Waals surface area (Å²) in [5, 5.41) is 2.80. The number of alkyl halides is 3. The zero-order chi connectivity index (χ0) is 23.5. The van der Waals surface area contributed by atoms with Crippen LogP contribution in [0.3, 0.4) is 0 Å². The monoisotopic (exact) mass is 468 g/mol. The quantitative estimate of drug-likeness (QED) is 0.655. The molecule has 0 radical (unpaired) electrons. The van der Waals surface area contributed by atoms with Gasteiger partial charge in [0.15, 0.2) is 5.78 Å². The molecule has 1 fully saturated rings. The lowest BCUT2D eigenvalue weighted by molar-refractivity contribution is -0.137. The van der Waals surface area contributed by atoms with Gasteiger partial charge < -0.3 is 10.2 Å². The third-order valence-electron chi connectivity index (χ3n) is 5.47. The Morgan fingerprint density at radius 1 is 1.12 bits per heavy atom. The largest absolute Gasteiger partial charge is 0.417 e. The molecule has 2 aromatic rings. The molecular weight excluding hydrogens is 445 g/mol. The van der Waals surface area contributed by atoms with Crippen LogP contribution in [-0.4, -0.2) is 53.8 Å². The Morgan fingerprint density at radius 3 is 2.41 bits per heavy atom. The number of carbonyl (C=O) groups is 2. The topological polar surface area (TPSA) is 65.5 Å². The summed E-state index contributed by atoms with van der Waals surface area (Å²) in [5.74, 6) is 0.0805. The van der Waals surface area contributed by atoms with Crippen LogP contribution in [0.1, 0.15) is 36.2 Å². The summed E-state index contributed by atoms with van der Waals surface area (Å²) in [7, 11) is 0. The summed E-state index contributed by atoms with van der Waals surface area (Å²) in [6.07, 6.45) is -3.01. The maximum atomic E-state index is 12.9. The number of hydrogen-bond donors (Lipinski definition) is 1. The molecule has 1 amide bonds. The molecule has 1 aliphatic rings. The highest BCUT2D eigenvalue weighted by Gasteiger charge is 2.32. The highest BCUT2D eigenvalue weighted by atomic mass is 35.5. The molecule has 10 heteroatoms. The van der Waals surface area contributed by atoms with Crippen LogP contribution in [0.5, 0.6) is 0 Å². The SMILES string of the molecule is CC(=O)c1ccc(NC(=O)[C@@H](C)N2CCCN(c3ncc(C(F)(F)F)cc3Cl)CC2)cc1. The fraction of sp³-hybridized carbons (Fsp3) is 0.409. The number of Topliss-reactive ketones (excluding diaryl/α,β-unsaturated/α-hetero) is 1. The van der Waals surface area contributed by atoms with Crippen molar-refractivity contribution in [2.45, 2.75) is 32.5 Å². The summed E-state index contributed by atoms with van der Waals surface area (Å²) in [6.45, 7) is 5.49. The van der Waals surface area contributed by atoms with Gasteiger partial charge in [0, 0.05) is 43.6 Å². The van der Waals surface area contributed by atoms with Crippen molar-refractivity contribution >= 4 is 34.8 Å². The van der Waals surface area contributed by atoms with E-state index in [4.69, 9.17) is 11.6 Å². The Labute approximate surface area is 189 Å². The average Bonchev–Trinajstić information content (AvgIpc) is 2.99. The van der Waals surface area contributed by atoms with Gasteiger partial charge in [0.25, 0.3) is 0 Å². The zero-order valence-electron chi connectivity index (χ0n) is 17.7. The Kier molecular flexibility index (Phi) is 7.40. The van der Waals surface area contributed by atoms with Crippen LogP contribution < -0.4 is 10.2 Å².